The Labute approximate surface area is 177 Å². The van der Waals surface area contributed by atoms with Crippen molar-refractivity contribution in [3.63, 3.8) is 0 Å². The number of rotatable bonds is 6. The number of thiazole rings is 1. The molecule has 5 rings (SSSR count). The van der Waals surface area contributed by atoms with Crippen LogP contribution in [0.4, 0.5) is 0 Å². The molecule has 1 aliphatic rings. The van der Waals surface area contributed by atoms with Gasteiger partial charge in [0.05, 0.1) is 11.0 Å². The van der Waals surface area contributed by atoms with Crippen molar-refractivity contribution >= 4 is 39.1 Å². The Balaban J connectivity index is 1.30. The normalized spacial score (nSPS) is 15.6. The quantitative estimate of drug-likeness (QED) is 0.468. The number of carbonyl (C=O) groups excluding carboxylic acids is 1. The zero-order valence-electron chi connectivity index (χ0n) is 16.6. The predicted octanol–water partition coefficient (Wildman–Crippen LogP) is 4.25. The van der Waals surface area contributed by atoms with Crippen molar-refractivity contribution in [2.45, 2.75) is 32.4 Å². The summed E-state index contributed by atoms with van der Waals surface area (Å²) >= 11 is 1.50. The molecule has 1 aromatic carbocycles. The van der Waals surface area contributed by atoms with Gasteiger partial charge < -0.3 is 14.5 Å². The maximum Gasteiger partial charge on any atom is 0.281 e. The number of nitrogens with zero attached hydrogens (tertiary/aromatic N) is 3. The molecule has 0 radical (unpaired) electrons. The smallest absolute Gasteiger partial charge is 0.281 e. The molecule has 0 spiro atoms. The van der Waals surface area contributed by atoms with Gasteiger partial charge in [0, 0.05) is 48.9 Å². The Morgan fingerprint density at radius 2 is 2.20 bits per heavy atom. The predicted molar refractivity (Wildman–Crippen MR) is 116 cm³/mol. The van der Waals surface area contributed by atoms with Crippen LogP contribution >= 0.6 is 11.3 Å². The van der Waals surface area contributed by atoms with E-state index in [-0.39, 0.29) is 0 Å². The highest BCUT2D eigenvalue weighted by Gasteiger charge is 2.20. The first-order valence-electron chi connectivity index (χ1n) is 10.0. The Hall–Kier alpha value is -2.97. The molecule has 0 bridgehead atoms. The molecule has 30 heavy (non-hydrogen) atoms. The fourth-order valence-electron chi connectivity index (χ4n) is 3.92. The van der Waals surface area contributed by atoms with Crippen LogP contribution in [0.25, 0.3) is 21.3 Å². The van der Waals surface area contributed by atoms with Crippen molar-refractivity contribution in [3.8, 4) is 10.9 Å². The summed E-state index contributed by atoms with van der Waals surface area (Å²) in [5.41, 5.74) is 3.82. The van der Waals surface area contributed by atoms with E-state index in [0.717, 1.165) is 65.7 Å². The van der Waals surface area contributed by atoms with Gasteiger partial charge in [0.2, 0.25) is 6.41 Å². The summed E-state index contributed by atoms with van der Waals surface area (Å²) in [4.78, 5) is 21.8. The van der Waals surface area contributed by atoms with Gasteiger partial charge >= 0.3 is 0 Å². The van der Waals surface area contributed by atoms with Crippen LogP contribution < -0.4 is 10.1 Å². The topological polar surface area (TPSA) is 80.5 Å². The number of piperidine rings is 1. The number of hydrogen-bond acceptors (Lipinski definition) is 7. The molecular formula is C22H22N4O3S. The first-order valence-corrected chi connectivity index (χ1v) is 10.8. The van der Waals surface area contributed by atoms with Crippen LogP contribution in [-0.4, -0.2) is 40.4 Å². The van der Waals surface area contributed by atoms with E-state index in [1.54, 1.807) is 6.20 Å². The van der Waals surface area contributed by atoms with Gasteiger partial charge in [0.15, 0.2) is 5.65 Å². The largest absolute Gasteiger partial charge is 0.464 e. The second kappa shape index (κ2) is 8.04. The zero-order valence-corrected chi connectivity index (χ0v) is 17.4. The van der Waals surface area contributed by atoms with Gasteiger partial charge in [-0.3, -0.25) is 9.69 Å². The van der Waals surface area contributed by atoms with Crippen molar-refractivity contribution < 1.29 is 13.9 Å². The van der Waals surface area contributed by atoms with E-state index >= 15 is 0 Å². The highest BCUT2D eigenvalue weighted by atomic mass is 32.1. The second-order valence-electron chi connectivity index (χ2n) is 7.62. The molecule has 0 saturated carbocycles. The molecule has 7 nitrogen and oxygen atoms in total. The lowest BCUT2D eigenvalue weighted by molar-refractivity contribution is -0.110. The third kappa shape index (κ3) is 3.76. The van der Waals surface area contributed by atoms with Crippen molar-refractivity contribution in [1.82, 2.24) is 20.2 Å². The first kappa shape index (κ1) is 19.0. The molecule has 8 heteroatoms. The molecular weight excluding hydrogens is 400 g/mol. The number of amides is 1. The lowest BCUT2D eigenvalue weighted by Crippen LogP contribution is -2.41. The highest BCUT2D eigenvalue weighted by molar-refractivity contribution is 7.20. The minimum Gasteiger partial charge on any atom is -0.464 e. The molecule has 0 aliphatic carbocycles. The van der Waals surface area contributed by atoms with Crippen molar-refractivity contribution in [1.29, 1.82) is 0 Å². The zero-order chi connectivity index (χ0) is 20.5. The monoisotopic (exact) mass is 422 g/mol. The fourth-order valence-corrected chi connectivity index (χ4v) is 4.78. The summed E-state index contributed by atoms with van der Waals surface area (Å²) in [5, 5.41) is 4.55. The van der Waals surface area contributed by atoms with Crippen LogP contribution in [0.15, 0.2) is 41.1 Å². The van der Waals surface area contributed by atoms with Crippen LogP contribution in [0.2, 0.25) is 0 Å². The van der Waals surface area contributed by atoms with Gasteiger partial charge in [-0.05, 0) is 43.5 Å². The minimum atomic E-state index is 0.293. The van der Waals surface area contributed by atoms with Crippen molar-refractivity contribution in [2.24, 2.45) is 0 Å². The standard InChI is InChI=1S/C22H22N4O3S/c1-14-4-7-23-21-20(14)30-22(25-21)29-17-2-3-18-15(12-28-19(18)10-17)11-26-8-5-16(6-9-26)24-13-27/h2-4,7,10,12-13,16H,5-6,8-9,11H2,1H3,(H,24,27). The van der Waals surface area contributed by atoms with Gasteiger partial charge in [0.25, 0.3) is 5.19 Å². The van der Waals surface area contributed by atoms with Crippen molar-refractivity contribution in [3.05, 3.63) is 47.9 Å². The highest BCUT2D eigenvalue weighted by Crippen LogP contribution is 2.34. The number of ether oxygens (including phenoxy) is 1. The molecule has 4 aromatic rings. The molecule has 1 N–H and O–H groups in total. The number of aromatic nitrogens is 2. The Morgan fingerprint density at radius 3 is 3.00 bits per heavy atom. The third-order valence-corrected chi connectivity index (χ3v) is 6.64. The Morgan fingerprint density at radius 1 is 1.33 bits per heavy atom. The summed E-state index contributed by atoms with van der Waals surface area (Å²) in [7, 11) is 0. The van der Waals surface area contributed by atoms with Crippen LogP contribution in [0.1, 0.15) is 24.0 Å². The SMILES string of the molecule is Cc1ccnc2nc(Oc3ccc4c(CN5CCC(NC=O)CC5)coc4c3)sc12. The van der Waals surface area contributed by atoms with Gasteiger partial charge in [-0.1, -0.05) is 11.3 Å². The summed E-state index contributed by atoms with van der Waals surface area (Å²) in [5.74, 6) is 0.695. The summed E-state index contributed by atoms with van der Waals surface area (Å²) < 4.78 is 12.8. The second-order valence-corrected chi connectivity index (χ2v) is 8.58. The summed E-state index contributed by atoms with van der Waals surface area (Å²) in [6.07, 6.45) is 6.34. The fraction of sp³-hybridized carbons (Fsp3) is 0.318. The molecule has 0 unspecified atom stereocenters. The van der Waals surface area contributed by atoms with E-state index in [2.05, 4.69) is 20.2 Å². The lowest BCUT2D eigenvalue weighted by atomic mass is 10.0. The average molecular weight is 423 g/mol. The van der Waals surface area contributed by atoms with E-state index in [9.17, 15) is 4.79 Å². The number of carbonyl (C=O) groups is 1. The van der Waals surface area contributed by atoms with Gasteiger partial charge in [-0.25, -0.2) is 4.98 Å². The van der Waals surface area contributed by atoms with Gasteiger partial charge in [0.1, 0.15) is 11.3 Å². The van der Waals surface area contributed by atoms with Crippen LogP contribution in [0.3, 0.4) is 0 Å². The van der Waals surface area contributed by atoms with Gasteiger partial charge in [-0.15, -0.1) is 0 Å². The lowest BCUT2D eigenvalue weighted by Gasteiger charge is -2.31. The number of pyridine rings is 1. The molecule has 4 heterocycles. The van der Waals surface area contributed by atoms with Gasteiger partial charge in [-0.2, -0.15) is 4.98 Å². The number of furan rings is 1. The molecule has 1 fully saturated rings. The van der Waals surface area contributed by atoms with E-state index in [4.69, 9.17) is 9.15 Å². The molecule has 1 amide bonds. The maximum absolute atomic E-state index is 10.6. The molecule has 1 saturated heterocycles. The number of benzene rings is 1. The van der Waals surface area contributed by atoms with E-state index in [1.165, 1.54) is 11.3 Å². The molecule has 3 aromatic heterocycles. The molecule has 154 valence electrons. The number of hydrogen-bond donors (Lipinski definition) is 1. The minimum absolute atomic E-state index is 0.293. The maximum atomic E-state index is 10.6. The Bertz CT molecular complexity index is 1190. The number of likely N-dealkylation sites (tertiary alicyclic amines) is 1. The van der Waals surface area contributed by atoms with E-state index in [1.807, 2.05) is 37.5 Å². The van der Waals surface area contributed by atoms with E-state index < -0.39 is 0 Å². The summed E-state index contributed by atoms with van der Waals surface area (Å²) in [6, 6.07) is 8.17. The molecule has 1 aliphatic heterocycles. The van der Waals surface area contributed by atoms with Crippen LogP contribution in [0.5, 0.6) is 10.9 Å². The van der Waals surface area contributed by atoms with Crippen LogP contribution in [-0.2, 0) is 11.3 Å². The number of nitrogens with one attached hydrogen (secondary N) is 1. The molecule has 0 atom stereocenters. The average Bonchev–Trinajstić information content (AvgIpc) is 3.34. The van der Waals surface area contributed by atoms with Crippen LogP contribution in [0, 0.1) is 6.92 Å². The third-order valence-electron chi connectivity index (χ3n) is 5.59. The number of fused-ring (bicyclic) bond motifs is 2. The first-order chi connectivity index (χ1) is 14.7. The van der Waals surface area contributed by atoms with Crippen molar-refractivity contribution in [2.75, 3.05) is 13.1 Å². The Kier molecular flexibility index (Phi) is 5.10. The van der Waals surface area contributed by atoms with E-state index in [0.29, 0.717) is 22.6 Å². The number of aryl methyl sites for hydroxylation is 1. The summed E-state index contributed by atoms with van der Waals surface area (Å²) in [6.45, 7) is 4.81.